The normalized spacial score (nSPS) is 13.3. The average Bonchev–Trinajstić information content (AvgIpc) is 1.61. The number of hydroxylamine groups is 2. The molecule has 4 saturated carbocycles. The Bertz CT molecular complexity index is 6010. The minimum atomic E-state index is -4.10. The van der Waals surface area contributed by atoms with Crippen molar-refractivity contribution < 1.29 is 100 Å². The van der Waals surface area contributed by atoms with Crippen molar-refractivity contribution in [3.8, 4) is 0 Å². The Kier molecular flexibility index (Phi) is 40.7. The number of benzene rings is 4. The molecule has 0 unspecified atom stereocenters. The van der Waals surface area contributed by atoms with Gasteiger partial charge in [-0.3, -0.25) is 24.6 Å². The van der Waals surface area contributed by atoms with Gasteiger partial charge in [-0.25, -0.2) is 57.1 Å². The van der Waals surface area contributed by atoms with Crippen molar-refractivity contribution in [1.29, 1.82) is 5.41 Å². The standard InChI is InChI=1S/C14H21NO5S.C12H13N3O2.C10H11N3O.C9H11ClO2S.C9H13NO3S.C9H12O3S.C8H11N3.C8H10N2.C5H11NO3.C4H5ClO3/c1-9-7-10(2)12(11(3)8-9)21(17,18)20-15-13(16)19-14(4,5)6;1-2-17-12(16)11-13-10-6-5-9(8-3-4-8)7-15(10)14-11;14-6-9-11-10-4-3-8(7-1-2-7)5-13(10)12-9;1-6-4-7(2)9(8(3)5-6)13(10,11)12;1-6-4-7(2)9(8(3)5-6)14(11,12)13-10;1-6-4-7(2)9(8(3)5-6)13(10,11)12;9-8-4-3-7(5-11(8)10)6-1-2-6;9-8-4-3-7(5-10-8)6-1-2-6;1-5(2,3)9-4(7)6-8;1-2-8-4(7)3(5)6/h7-8H,1-6H3,(H,15,16);5-8H,2-4H2,1H3;3-5,7,14H,1-2,6H2;4-5H,1-3H3;4-5H,10H2,1-3H3;4-5H,1-3H3,(H,10,11,12);3-6,9H,1-2,10H2;3-6H,1-2H2,(H2,9,10);8H,1-3H3,(H,6,7);2H2,1H3. The highest BCUT2D eigenvalue weighted by Gasteiger charge is 2.30. The molecule has 0 aliphatic heterocycles. The van der Waals surface area contributed by atoms with Gasteiger partial charge in [0, 0.05) is 35.5 Å². The number of nitrogens with two attached hydrogens (primary N) is 3. The molecule has 0 bridgehead atoms. The van der Waals surface area contributed by atoms with Crippen molar-refractivity contribution >= 4 is 108 Å². The van der Waals surface area contributed by atoms with E-state index in [0.29, 0.717) is 85.7 Å². The zero-order chi connectivity index (χ0) is 98.1. The largest absolute Gasteiger partial charge is 0.460 e. The van der Waals surface area contributed by atoms with Crippen LogP contribution in [0.1, 0.15) is 236 Å². The smallest absolute Gasteiger partial charge is 0.432 e. The zero-order valence-corrected chi connectivity index (χ0v) is 81.2. The van der Waals surface area contributed by atoms with Crippen LogP contribution in [0.2, 0.25) is 0 Å². The first-order chi connectivity index (χ1) is 60.3. The molecule has 0 spiro atoms. The van der Waals surface area contributed by atoms with Gasteiger partial charge in [-0.15, -0.1) is 14.5 Å². The summed E-state index contributed by atoms with van der Waals surface area (Å²) in [5.74, 6) is 12.9. The molecule has 14 rings (SSSR count). The Hall–Kier alpha value is -10.9. The van der Waals surface area contributed by atoms with Gasteiger partial charge < -0.3 is 35.6 Å². The third kappa shape index (κ3) is 36.8. The fourth-order valence-corrected chi connectivity index (χ4v) is 17.8. The molecule has 10 aromatic rings. The zero-order valence-electron chi connectivity index (χ0n) is 76.4. The van der Waals surface area contributed by atoms with Gasteiger partial charge in [0.15, 0.2) is 17.1 Å². The Morgan fingerprint density at radius 3 is 1.23 bits per heavy atom. The lowest BCUT2D eigenvalue weighted by Crippen LogP contribution is -2.34. The number of halogens is 2. The second-order valence-electron chi connectivity index (χ2n) is 32.9. The van der Waals surface area contributed by atoms with Crippen molar-refractivity contribution in [2.45, 2.75) is 251 Å². The molecule has 4 fully saturated rings. The number of fused-ring (bicyclic) bond motifs is 2. The van der Waals surface area contributed by atoms with E-state index in [0.717, 1.165) is 39.7 Å². The number of amides is 2. The van der Waals surface area contributed by atoms with Crippen LogP contribution in [0.25, 0.3) is 11.3 Å². The van der Waals surface area contributed by atoms with E-state index in [-0.39, 0.29) is 38.6 Å². The van der Waals surface area contributed by atoms with Crippen LogP contribution in [0, 0.1) is 88.5 Å². The number of ether oxygens (including phenoxy) is 4. The Balaban J connectivity index is 0.000000259. The molecular formula is C88H118Cl2N14O22S4. The molecule has 6 heterocycles. The van der Waals surface area contributed by atoms with Gasteiger partial charge in [0.2, 0.25) is 0 Å². The van der Waals surface area contributed by atoms with Crippen LogP contribution >= 0.6 is 22.3 Å². The van der Waals surface area contributed by atoms with Crippen LogP contribution in [0.5, 0.6) is 0 Å². The lowest BCUT2D eigenvalue weighted by atomic mass is 10.1. The summed E-state index contributed by atoms with van der Waals surface area (Å²) in [6.45, 7) is 35.1. The first-order valence-electron chi connectivity index (χ1n) is 40.9. The fourth-order valence-electron chi connectivity index (χ4n) is 13.0. The van der Waals surface area contributed by atoms with Gasteiger partial charge in [-0.1, -0.05) is 95.1 Å². The maximum absolute atomic E-state index is 12.2. The average molecular weight is 1920 g/mol. The van der Waals surface area contributed by atoms with Crippen molar-refractivity contribution in [2.75, 3.05) is 24.8 Å². The van der Waals surface area contributed by atoms with Crippen molar-refractivity contribution in [1.82, 2.24) is 49.8 Å². The molecule has 0 radical (unpaired) electrons. The number of anilines is 1. The van der Waals surface area contributed by atoms with Gasteiger partial charge in [0.1, 0.15) is 38.9 Å². The van der Waals surface area contributed by atoms with Gasteiger partial charge in [0.25, 0.3) is 25.0 Å². The van der Waals surface area contributed by atoms with E-state index in [1.54, 1.807) is 168 Å². The molecule has 710 valence electrons. The summed E-state index contributed by atoms with van der Waals surface area (Å²) in [4.78, 5) is 65.8. The molecular weight excluding hydrogens is 1800 g/mol. The van der Waals surface area contributed by atoms with Crippen LogP contribution < -0.4 is 33.9 Å². The number of carbonyl (C=O) groups excluding carboxylic acids is 5. The van der Waals surface area contributed by atoms with Crippen LogP contribution in [0.15, 0.2) is 141 Å². The number of esters is 2. The number of hydrogen-bond acceptors (Lipinski definition) is 30. The molecule has 36 nitrogen and oxygen atoms in total. The molecule has 4 aromatic carbocycles. The quantitative estimate of drug-likeness (QED) is 0.00634. The van der Waals surface area contributed by atoms with Gasteiger partial charge >= 0.3 is 49.6 Å². The summed E-state index contributed by atoms with van der Waals surface area (Å²) in [7, 11) is -10.3. The summed E-state index contributed by atoms with van der Waals surface area (Å²) in [5.41, 5.74) is 23.3. The number of aromatic nitrogens is 8. The van der Waals surface area contributed by atoms with E-state index in [9.17, 15) is 57.6 Å². The summed E-state index contributed by atoms with van der Waals surface area (Å²) in [5, 5.41) is 31.4. The minimum Gasteiger partial charge on any atom is -0.460 e. The summed E-state index contributed by atoms with van der Waals surface area (Å²) in [6.07, 6.45) is 16.1. The van der Waals surface area contributed by atoms with Crippen molar-refractivity contribution in [2.24, 2.45) is 5.90 Å². The number of nitrogens with zero attached hydrogens (tertiary/aromatic N) is 8. The summed E-state index contributed by atoms with van der Waals surface area (Å²) < 4.78 is 132. The van der Waals surface area contributed by atoms with Crippen molar-refractivity contribution in [3.05, 3.63) is 228 Å². The van der Waals surface area contributed by atoms with E-state index < -0.39 is 80.0 Å². The lowest BCUT2D eigenvalue weighted by molar-refractivity contribution is -0.149. The van der Waals surface area contributed by atoms with E-state index in [1.807, 2.05) is 88.9 Å². The van der Waals surface area contributed by atoms with Crippen LogP contribution in [0.4, 0.5) is 15.4 Å². The Labute approximate surface area is 768 Å². The van der Waals surface area contributed by atoms with Crippen LogP contribution in [0.3, 0.4) is 0 Å². The Morgan fingerprint density at radius 2 is 0.892 bits per heavy atom. The minimum absolute atomic E-state index is 0.0260. The van der Waals surface area contributed by atoms with E-state index in [4.69, 9.17) is 69.5 Å². The SMILES string of the molecule is CC(C)(C)OC(=O)NO.CCOC(=O)C(=O)Cl.CCOC(=O)c1nc2ccc(C3CC3)cn2n1.Cc1cc(C)c(S(=O)(=O)Cl)c(C)c1.Cc1cc(C)c(S(=O)(=O)O)c(C)c1.Cc1cc(C)c(S(=O)(=O)ON)c(C)c1.Cc1cc(C)c(S(=O)(=O)ONC(=O)OC(C)(C)C)c(C)c1.N=c1ccc(C2CC2)cn1N.Nc1ccc(C2CC2)cn1.OCc1nc2ccc(C3CC3)cn2n1. The molecule has 12 N–H and O–H groups in total. The number of aliphatic hydroxyl groups excluding tert-OH is 1. The molecule has 2 amide bonds. The molecule has 6 aromatic heterocycles. The van der Waals surface area contributed by atoms with Crippen molar-refractivity contribution in [3.63, 3.8) is 0 Å². The first kappa shape index (κ1) is 110. The van der Waals surface area contributed by atoms with E-state index in [1.165, 1.54) is 83.8 Å². The third-order valence-corrected chi connectivity index (χ3v) is 24.2. The number of aliphatic hydroxyl groups is 1. The maximum atomic E-state index is 12.2. The molecule has 0 atom stereocenters. The van der Waals surface area contributed by atoms with Crippen LogP contribution in [-0.4, -0.2) is 141 Å². The number of nitrogens with one attached hydrogen (secondary N) is 3. The Morgan fingerprint density at radius 1 is 0.523 bits per heavy atom. The molecule has 0 saturated heterocycles. The van der Waals surface area contributed by atoms with E-state index >= 15 is 0 Å². The first-order valence-corrected chi connectivity index (χ1v) is 47.8. The summed E-state index contributed by atoms with van der Waals surface area (Å²) in [6, 6.07) is 29.8. The number of hydrogen-bond donors (Lipinski definition) is 9. The van der Waals surface area contributed by atoms with Gasteiger partial charge in [0.05, 0.1) is 23.0 Å². The number of rotatable bonds is 16. The topological polar surface area (TPSA) is 542 Å². The molecule has 130 heavy (non-hydrogen) atoms. The second kappa shape index (κ2) is 48.3. The maximum Gasteiger partial charge on any atom is 0.432 e. The summed E-state index contributed by atoms with van der Waals surface area (Å²) >= 11 is 4.69. The van der Waals surface area contributed by atoms with E-state index in [2.05, 4.69) is 61.4 Å². The molecule has 4 aliphatic rings. The highest BCUT2D eigenvalue weighted by molar-refractivity contribution is 8.13. The van der Waals surface area contributed by atoms with Gasteiger partial charge in [-0.05, 0) is 316 Å². The lowest BCUT2D eigenvalue weighted by Gasteiger charge is -2.19. The number of aryl methyl sites for hydroxylation is 12. The number of nitrogen functional groups attached to an aromatic ring is 2. The monoisotopic (exact) mass is 1920 g/mol. The molecule has 4 aliphatic carbocycles. The van der Waals surface area contributed by atoms with Gasteiger partial charge in [-0.2, -0.15) is 40.9 Å². The highest BCUT2D eigenvalue weighted by Crippen LogP contribution is 2.42. The molecule has 42 heteroatoms. The highest BCUT2D eigenvalue weighted by atomic mass is 35.7. The fraction of sp³-hybridized carbons (Fsp3) is 0.420. The number of pyridine rings is 4. The predicted molar refractivity (Wildman–Crippen MR) is 489 cm³/mol. The second-order valence-corrected chi connectivity index (χ2v) is 40.1. The number of carbonyl (C=O) groups is 5. The van der Waals surface area contributed by atoms with Crippen LogP contribution in [-0.2, 0) is 83.1 Å². The third-order valence-electron chi connectivity index (χ3n) is 18.5. The predicted octanol–water partition coefficient (Wildman–Crippen LogP) is 14.5.